The SMILES string of the molecule is CC(CC(CC(CCS(=O)(=O)O)S(=O)(=O)O)S(=O)(=O)O)S(=O)(=O)O. The quantitative estimate of drug-likeness (QED) is 0.299. The summed E-state index contributed by atoms with van der Waals surface area (Å²) in [7, 11) is -19.3. The fourth-order valence-electron chi connectivity index (χ4n) is 1.79. The van der Waals surface area contributed by atoms with Crippen LogP contribution < -0.4 is 0 Å². The second-order valence-corrected chi connectivity index (χ2v) is 11.9. The summed E-state index contributed by atoms with van der Waals surface area (Å²) < 4.78 is 124. The van der Waals surface area contributed by atoms with Crippen molar-refractivity contribution < 1.29 is 51.9 Å². The Balaban J connectivity index is 5.55. The molecule has 12 nitrogen and oxygen atoms in total. The van der Waals surface area contributed by atoms with Crippen molar-refractivity contribution in [1.29, 1.82) is 0 Å². The Morgan fingerprint density at radius 2 is 1.08 bits per heavy atom. The summed E-state index contributed by atoms with van der Waals surface area (Å²) in [5, 5.41) is -5.73. The molecule has 16 heteroatoms. The van der Waals surface area contributed by atoms with E-state index in [0.29, 0.717) is 0 Å². The zero-order chi connectivity index (χ0) is 19.6. The summed E-state index contributed by atoms with van der Waals surface area (Å²) >= 11 is 0. The first kappa shape index (κ1) is 23.6. The lowest BCUT2D eigenvalue weighted by molar-refractivity contribution is 0.428. The van der Waals surface area contributed by atoms with Gasteiger partial charge in [0, 0.05) is 0 Å². The van der Waals surface area contributed by atoms with Crippen molar-refractivity contribution in [2.24, 2.45) is 0 Å². The van der Waals surface area contributed by atoms with Crippen molar-refractivity contribution in [3.63, 3.8) is 0 Å². The zero-order valence-corrected chi connectivity index (χ0v) is 15.5. The van der Waals surface area contributed by atoms with Gasteiger partial charge in [-0.2, -0.15) is 33.7 Å². The fraction of sp³-hybridized carbons (Fsp3) is 1.00. The number of rotatable bonds is 10. The Morgan fingerprint density at radius 1 is 0.667 bits per heavy atom. The maximum Gasteiger partial charge on any atom is 0.267 e. The molecule has 0 aromatic rings. The minimum absolute atomic E-state index is 0.897. The van der Waals surface area contributed by atoms with Gasteiger partial charge in [0.05, 0.1) is 21.5 Å². The largest absolute Gasteiger partial charge is 0.286 e. The topological polar surface area (TPSA) is 217 Å². The van der Waals surface area contributed by atoms with Crippen LogP contribution in [0.25, 0.3) is 0 Å². The Bertz CT molecular complexity index is 835. The monoisotopic (exact) mass is 434 g/mol. The van der Waals surface area contributed by atoms with Gasteiger partial charge in [-0.05, 0) is 26.2 Å². The summed E-state index contributed by atoms with van der Waals surface area (Å²) in [6.45, 7) is 0.897. The maximum atomic E-state index is 11.3. The summed E-state index contributed by atoms with van der Waals surface area (Å²) in [6, 6.07) is 0. The second-order valence-electron chi connectivity index (χ2n) is 5.15. The van der Waals surface area contributed by atoms with Gasteiger partial charge in [-0.3, -0.25) is 18.2 Å². The fourth-order valence-corrected chi connectivity index (χ4v) is 5.14. The Hall–Kier alpha value is -0.360. The summed E-state index contributed by atoms with van der Waals surface area (Å²) in [6.07, 6.45) is -2.85. The van der Waals surface area contributed by atoms with Crippen molar-refractivity contribution in [1.82, 2.24) is 0 Å². The van der Waals surface area contributed by atoms with Gasteiger partial charge in [-0.15, -0.1) is 0 Å². The van der Waals surface area contributed by atoms with Crippen LogP contribution in [0.5, 0.6) is 0 Å². The Labute approximate surface area is 140 Å². The van der Waals surface area contributed by atoms with Gasteiger partial charge < -0.3 is 0 Å². The molecular formula is C8H18O12S4. The molecule has 0 radical (unpaired) electrons. The van der Waals surface area contributed by atoms with Crippen LogP contribution in [-0.4, -0.2) is 73.4 Å². The minimum atomic E-state index is -4.99. The molecule has 3 unspecified atom stereocenters. The highest BCUT2D eigenvalue weighted by molar-refractivity contribution is 7.88. The second kappa shape index (κ2) is 7.90. The molecule has 0 aliphatic heterocycles. The van der Waals surface area contributed by atoms with E-state index in [2.05, 4.69) is 0 Å². The summed E-state index contributed by atoms with van der Waals surface area (Å²) in [4.78, 5) is 0. The predicted molar refractivity (Wildman–Crippen MR) is 82.0 cm³/mol. The zero-order valence-electron chi connectivity index (χ0n) is 12.2. The lowest BCUT2D eigenvalue weighted by atomic mass is 10.1. The van der Waals surface area contributed by atoms with Gasteiger partial charge in [0.15, 0.2) is 0 Å². The molecule has 0 bridgehead atoms. The first-order valence-electron chi connectivity index (χ1n) is 6.18. The van der Waals surface area contributed by atoms with E-state index in [1.54, 1.807) is 0 Å². The lowest BCUT2D eigenvalue weighted by Crippen LogP contribution is -2.35. The molecule has 0 aromatic carbocycles. The van der Waals surface area contributed by atoms with Crippen molar-refractivity contribution in [2.45, 2.75) is 41.9 Å². The minimum Gasteiger partial charge on any atom is -0.286 e. The van der Waals surface area contributed by atoms with Crippen LogP contribution in [-0.2, 0) is 40.5 Å². The van der Waals surface area contributed by atoms with Gasteiger partial charge in [-0.25, -0.2) is 0 Å². The smallest absolute Gasteiger partial charge is 0.267 e. The van der Waals surface area contributed by atoms with Crippen molar-refractivity contribution in [2.75, 3.05) is 5.75 Å². The van der Waals surface area contributed by atoms with Gasteiger partial charge in [0.2, 0.25) is 0 Å². The third-order valence-electron chi connectivity index (χ3n) is 3.17. The Kier molecular flexibility index (Phi) is 7.78. The molecular weight excluding hydrogens is 416 g/mol. The highest BCUT2D eigenvalue weighted by Gasteiger charge is 2.36. The molecule has 146 valence electrons. The van der Waals surface area contributed by atoms with E-state index in [1.165, 1.54) is 0 Å². The molecule has 4 N–H and O–H groups in total. The van der Waals surface area contributed by atoms with E-state index in [0.717, 1.165) is 6.92 Å². The molecule has 0 fully saturated rings. The van der Waals surface area contributed by atoms with Crippen molar-refractivity contribution in [3.8, 4) is 0 Å². The van der Waals surface area contributed by atoms with Crippen molar-refractivity contribution in [3.05, 3.63) is 0 Å². The molecule has 0 saturated carbocycles. The molecule has 24 heavy (non-hydrogen) atoms. The van der Waals surface area contributed by atoms with E-state index in [4.69, 9.17) is 18.2 Å². The first-order chi connectivity index (χ1) is 10.3. The van der Waals surface area contributed by atoms with Crippen LogP contribution in [0.2, 0.25) is 0 Å². The molecule has 0 aliphatic rings. The van der Waals surface area contributed by atoms with Gasteiger partial charge in [0.1, 0.15) is 0 Å². The van der Waals surface area contributed by atoms with E-state index in [1.807, 2.05) is 0 Å². The highest BCUT2D eigenvalue weighted by Crippen LogP contribution is 2.22. The van der Waals surface area contributed by atoms with Gasteiger partial charge in [-0.1, -0.05) is 0 Å². The average molecular weight is 434 g/mol. The van der Waals surface area contributed by atoms with E-state index in [-0.39, 0.29) is 0 Å². The standard InChI is InChI=1S/C8H18O12S4/c1-6(22(12,13)14)4-8(24(18,19)20)5-7(23(15,16)17)2-3-21(9,10)11/h6-8H,2-5H2,1H3,(H,9,10,11)(H,12,13,14)(H,15,16,17)(H,18,19,20). The van der Waals surface area contributed by atoms with E-state index in [9.17, 15) is 33.7 Å². The van der Waals surface area contributed by atoms with Crippen molar-refractivity contribution >= 4 is 40.5 Å². The molecule has 0 aromatic heterocycles. The summed E-state index contributed by atoms with van der Waals surface area (Å²) in [5.74, 6) is -1.12. The van der Waals surface area contributed by atoms with Gasteiger partial charge >= 0.3 is 0 Å². The van der Waals surface area contributed by atoms with Crippen LogP contribution in [0.4, 0.5) is 0 Å². The molecule has 0 spiro atoms. The molecule has 0 aliphatic carbocycles. The van der Waals surface area contributed by atoms with Crippen LogP contribution in [0, 0.1) is 0 Å². The average Bonchev–Trinajstić information content (AvgIpc) is 2.26. The first-order valence-corrected chi connectivity index (χ1v) is 12.3. The summed E-state index contributed by atoms with van der Waals surface area (Å²) in [5.41, 5.74) is 0. The molecule has 0 heterocycles. The van der Waals surface area contributed by atoms with Crippen LogP contribution in [0.3, 0.4) is 0 Å². The highest BCUT2D eigenvalue weighted by atomic mass is 32.2. The van der Waals surface area contributed by atoms with Gasteiger partial charge in [0.25, 0.3) is 40.5 Å². The molecule has 0 amide bonds. The molecule has 0 saturated heterocycles. The van der Waals surface area contributed by atoms with Crippen LogP contribution in [0.1, 0.15) is 26.2 Å². The van der Waals surface area contributed by atoms with E-state index >= 15 is 0 Å². The molecule has 0 rings (SSSR count). The molecule has 3 atom stereocenters. The lowest BCUT2D eigenvalue weighted by Gasteiger charge is -2.21. The maximum absolute atomic E-state index is 11.3. The number of hydrogen-bond acceptors (Lipinski definition) is 8. The normalized spacial score (nSPS) is 18.0. The third kappa shape index (κ3) is 9.21. The van der Waals surface area contributed by atoms with E-state index < -0.39 is 81.2 Å². The predicted octanol–water partition coefficient (Wildman–Crippen LogP) is -1.17. The third-order valence-corrected chi connectivity index (χ3v) is 7.63. The Morgan fingerprint density at radius 3 is 1.38 bits per heavy atom. The van der Waals surface area contributed by atoms with Crippen LogP contribution >= 0.6 is 0 Å². The van der Waals surface area contributed by atoms with Crippen LogP contribution in [0.15, 0.2) is 0 Å². The number of hydrogen-bond donors (Lipinski definition) is 4.